The Kier molecular flexibility index (Phi) is 5.94. The maximum atomic E-state index is 12.1. The number of carbonyl (C=O) groups excluding carboxylic acids is 1. The number of hydrogen-bond donors (Lipinski definition) is 0. The van der Waals surface area contributed by atoms with Crippen LogP contribution in [-0.4, -0.2) is 33.3 Å². The molecule has 26 heavy (non-hydrogen) atoms. The first-order valence-corrected chi connectivity index (χ1v) is 9.30. The zero-order valence-electron chi connectivity index (χ0n) is 13.5. The van der Waals surface area contributed by atoms with Gasteiger partial charge in [-0.25, -0.2) is 4.98 Å². The van der Waals surface area contributed by atoms with Crippen molar-refractivity contribution in [2.75, 3.05) is 5.75 Å². The van der Waals surface area contributed by atoms with Crippen LogP contribution in [0.25, 0.3) is 0 Å². The van der Waals surface area contributed by atoms with Crippen LogP contribution < -0.4 is 4.74 Å². The van der Waals surface area contributed by atoms with Crippen LogP contribution in [0, 0.1) is 6.92 Å². The molecule has 0 bridgehead atoms. The zero-order valence-corrected chi connectivity index (χ0v) is 15.2. The van der Waals surface area contributed by atoms with Crippen molar-refractivity contribution in [2.24, 2.45) is 0 Å². The summed E-state index contributed by atoms with van der Waals surface area (Å²) in [7, 11) is 0. The third-order valence-corrected chi connectivity index (χ3v) is 4.82. The van der Waals surface area contributed by atoms with Gasteiger partial charge >= 0.3 is 6.61 Å². The minimum absolute atomic E-state index is 0.00280. The average Bonchev–Trinajstić information content (AvgIpc) is 3.22. The lowest BCUT2D eigenvalue weighted by molar-refractivity contribution is -0.0498. The lowest BCUT2D eigenvalue weighted by atomic mass is 10.1. The van der Waals surface area contributed by atoms with Gasteiger partial charge in [-0.3, -0.25) is 4.79 Å². The molecule has 0 saturated heterocycles. The summed E-state index contributed by atoms with van der Waals surface area (Å²) in [6.45, 7) is -0.979. The van der Waals surface area contributed by atoms with Crippen molar-refractivity contribution in [3.63, 3.8) is 0 Å². The van der Waals surface area contributed by atoms with Gasteiger partial charge in [0.15, 0.2) is 5.78 Å². The maximum Gasteiger partial charge on any atom is 0.387 e. The number of rotatable bonds is 8. The highest BCUT2D eigenvalue weighted by molar-refractivity contribution is 7.99. The molecule has 0 aliphatic heterocycles. The molecule has 0 spiro atoms. The molecule has 0 N–H and O–H groups in total. The van der Waals surface area contributed by atoms with Gasteiger partial charge in [0.2, 0.25) is 5.89 Å². The van der Waals surface area contributed by atoms with Gasteiger partial charge in [-0.05, 0) is 31.2 Å². The fourth-order valence-corrected chi connectivity index (χ4v) is 3.33. The maximum absolute atomic E-state index is 12.1. The Hall–Kier alpha value is -2.33. The van der Waals surface area contributed by atoms with Crippen LogP contribution >= 0.6 is 23.1 Å². The van der Waals surface area contributed by atoms with Crippen LogP contribution in [-0.2, 0) is 6.42 Å². The Bertz CT molecular complexity index is 881. The van der Waals surface area contributed by atoms with Crippen molar-refractivity contribution >= 4 is 28.9 Å². The molecule has 3 rings (SSSR count). The van der Waals surface area contributed by atoms with E-state index in [-0.39, 0.29) is 22.5 Å². The predicted octanol–water partition coefficient (Wildman–Crippen LogP) is 4.00. The van der Waals surface area contributed by atoms with E-state index in [1.165, 1.54) is 24.3 Å². The summed E-state index contributed by atoms with van der Waals surface area (Å²) in [4.78, 5) is 16.5. The van der Waals surface area contributed by atoms with E-state index in [4.69, 9.17) is 4.42 Å². The molecule has 0 aliphatic rings. The molecule has 6 nitrogen and oxygen atoms in total. The monoisotopic (exact) mass is 397 g/mol. The SMILES string of the molecule is Cc1nc(Cc2nnc(SCC(=O)c3ccc(OC(F)F)cc3)o2)cs1. The van der Waals surface area contributed by atoms with Crippen LogP contribution in [0.15, 0.2) is 39.3 Å². The van der Waals surface area contributed by atoms with Crippen molar-refractivity contribution in [1.82, 2.24) is 15.2 Å². The number of benzene rings is 1. The highest BCUT2D eigenvalue weighted by Gasteiger charge is 2.13. The molecule has 0 saturated carbocycles. The van der Waals surface area contributed by atoms with E-state index in [1.807, 2.05) is 12.3 Å². The normalized spacial score (nSPS) is 11.1. The van der Waals surface area contributed by atoms with Gasteiger partial charge in [0.1, 0.15) is 5.75 Å². The van der Waals surface area contributed by atoms with Gasteiger partial charge in [0, 0.05) is 10.9 Å². The number of nitrogens with zero attached hydrogens (tertiary/aromatic N) is 3. The van der Waals surface area contributed by atoms with Crippen molar-refractivity contribution in [3.8, 4) is 5.75 Å². The Labute approximate surface area is 155 Å². The number of thioether (sulfide) groups is 1. The average molecular weight is 397 g/mol. The fraction of sp³-hybridized carbons (Fsp3) is 0.250. The number of halogens is 2. The summed E-state index contributed by atoms with van der Waals surface area (Å²) in [5, 5.41) is 11.0. The number of ketones is 1. The molecule has 2 aromatic heterocycles. The molecule has 0 fully saturated rings. The second-order valence-corrected chi connectivity index (χ2v) is 7.10. The third kappa shape index (κ3) is 5.09. The number of thiazole rings is 1. The molecule has 0 aliphatic carbocycles. The Morgan fingerprint density at radius 2 is 2.08 bits per heavy atom. The van der Waals surface area contributed by atoms with Crippen molar-refractivity contribution in [2.45, 2.75) is 25.2 Å². The lowest BCUT2D eigenvalue weighted by Crippen LogP contribution is -2.04. The summed E-state index contributed by atoms with van der Waals surface area (Å²) in [6, 6.07) is 5.52. The molecule has 10 heteroatoms. The minimum atomic E-state index is -2.90. The molecular weight excluding hydrogens is 384 g/mol. The van der Waals surface area contributed by atoms with Crippen LogP contribution in [0.3, 0.4) is 0 Å². The number of aromatic nitrogens is 3. The van der Waals surface area contributed by atoms with Crippen molar-refractivity contribution in [3.05, 3.63) is 51.8 Å². The standard InChI is InChI=1S/C16H13F2N3O3S2/c1-9-19-11(7-25-9)6-14-20-21-16(24-14)26-8-13(22)10-2-4-12(5-3-10)23-15(17)18/h2-5,7,15H,6,8H2,1H3. The lowest BCUT2D eigenvalue weighted by Gasteiger charge is -2.04. The van der Waals surface area contributed by atoms with E-state index in [0.717, 1.165) is 22.5 Å². The number of carbonyl (C=O) groups is 1. The minimum Gasteiger partial charge on any atom is -0.435 e. The Morgan fingerprint density at radius 1 is 1.31 bits per heavy atom. The third-order valence-electron chi connectivity index (χ3n) is 3.18. The Balaban J connectivity index is 1.53. The zero-order chi connectivity index (χ0) is 18.5. The molecule has 0 radical (unpaired) electrons. The fourth-order valence-electron chi connectivity index (χ4n) is 2.05. The van der Waals surface area contributed by atoms with Crippen LogP contribution in [0.4, 0.5) is 8.78 Å². The molecule has 3 aromatic rings. The molecule has 1 aromatic carbocycles. The molecule has 136 valence electrons. The van der Waals surface area contributed by atoms with E-state index >= 15 is 0 Å². The summed E-state index contributed by atoms with van der Waals surface area (Å²) in [6.07, 6.45) is 0.442. The second-order valence-electron chi connectivity index (χ2n) is 5.11. The quantitative estimate of drug-likeness (QED) is 0.420. The van der Waals surface area contributed by atoms with Gasteiger partial charge in [-0.1, -0.05) is 11.8 Å². The van der Waals surface area contributed by atoms with Crippen LogP contribution in [0.5, 0.6) is 5.75 Å². The van der Waals surface area contributed by atoms with Crippen molar-refractivity contribution in [1.29, 1.82) is 0 Å². The van der Waals surface area contributed by atoms with E-state index in [1.54, 1.807) is 11.3 Å². The molecule has 2 heterocycles. The van der Waals surface area contributed by atoms with Gasteiger partial charge < -0.3 is 9.15 Å². The number of ether oxygens (including phenoxy) is 1. The number of alkyl halides is 2. The van der Waals surface area contributed by atoms with E-state index < -0.39 is 6.61 Å². The molecule has 0 atom stereocenters. The van der Waals surface area contributed by atoms with E-state index in [2.05, 4.69) is 19.9 Å². The summed E-state index contributed by atoms with van der Waals surface area (Å²) >= 11 is 2.66. The highest BCUT2D eigenvalue weighted by atomic mass is 32.2. The number of aryl methyl sites for hydroxylation is 1. The smallest absolute Gasteiger partial charge is 0.387 e. The first-order chi connectivity index (χ1) is 12.5. The van der Waals surface area contributed by atoms with Crippen molar-refractivity contribution < 1.29 is 22.7 Å². The summed E-state index contributed by atoms with van der Waals surface area (Å²) in [5.74, 6) is 0.335. The molecule has 0 amide bonds. The van der Waals surface area contributed by atoms with Crippen LogP contribution in [0.1, 0.15) is 27.0 Å². The molecule has 0 unspecified atom stereocenters. The first-order valence-electron chi connectivity index (χ1n) is 7.44. The Morgan fingerprint density at radius 3 is 2.73 bits per heavy atom. The number of Topliss-reactive ketones (excluding diaryl/α,β-unsaturated/α-hetero) is 1. The first kappa shape index (κ1) is 18.5. The summed E-state index contributed by atoms with van der Waals surface area (Å²) < 4.78 is 34.0. The van der Waals surface area contributed by atoms with E-state index in [9.17, 15) is 13.6 Å². The number of hydrogen-bond acceptors (Lipinski definition) is 8. The van der Waals surface area contributed by atoms with Gasteiger partial charge in [-0.2, -0.15) is 8.78 Å². The van der Waals surface area contributed by atoms with Gasteiger partial charge in [0.25, 0.3) is 5.22 Å². The topological polar surface area (TPSA) is 78.1 Å². The molecular formula is C16H13F2N3O3S2. The summed E-state index contributed by atoms with van der Waals surface area (Å²) in [5.41, 5.74) is 1.24. The van der Waals surface area contributed by atoms with Crippen LogP contribution in [0.2, 0.25) is 0 Å². The second kappa shape index (κ2) is 8.37. The predicted molar refractivity (Wildman–Crippen MR) is 92.1 cm³/mol. The van der Waals surface area contributed by atoms with E-state index in [0.29, 0.717) is 17.9 Å². The highest BCUT2D eigenvalue weighted by Crippen LogP contribution is 2.21. The van der Waals surface area contributed by atoms with Gasteiger partial charge in [0.05, 0.1) is 22.9 Å². The largest absolute Gasteiger partial charge is 0.435 e. The van der Waals surface area contributed by atoms with Gasteiger partial charge in [-0.15, -0.1) is 21.5 Å².